The topological polar surface area (TPSA) is 52.3 Å². The Hall–Kier alpha value is -0.570. The van der Waals surface area contributed by atoms with Gasteiger partial charge in [0.1, 0.15) is 0 Å². The molecule has 14 heavy (non-hydrogen) atoms. The molecular weight excluding hydrogens is 178 g/mol. The standard InChI is InChI=1S/C11H21NO2.H2/c12-11(13)7-9-14-8-3-6-10-4-1-2-5-10;/h10H,1-9H2,(H2,12,13);1H. The minimum absolute atomic E-state index is 0. The molecule has 3 nitrogen and oxygen atoms in total. The van der Waals surface area contributed by atoms with Gasteiger partial charge < -0.3 is 10.5 Å². The molecule has 1 aliphatic rings. The molecule has 0 unspecified atom stereocenters. The van der Waals surface area contributed by atoms with Gasteiger partial charge in [-0.25, -0.2) is 0 Å². The predicted molar refractivity (Wildman–Crippen MR) is 57.9 cm³/mol. The van der Waals surface area contributed by atoms with Gasteiger partial charge in [0.15, 0.2) is 0 Å². The van der Waals surface area contributed by atoms with Gasteiger partial charge in [-0.2, -0.15) is 0 Å². The van der Waals surface area contributed by atoms with Crippen molar-refractivity contribution in [1.29, 1.82) is 0 Å². The van der Waals surface area contributed by atoms with E-state index in [1.165, 1.54) is 32.1 Å². The van der Waals surface area contributed by atoms with Crippen LogP contribution >= 0.6 is 0 Å². The van der Waals surface area contributed by atoms with Gasteiger partial charge in [0.2, 0.25) is 5.91 Å². The number of amides is 1. The summed E-state index contributed by atoms with van der Waals surface area (Å²) in [5, 5.41) is 0. The van der Waals surface area contributed by atoms with Crippen LogP contribution in [0.15, 0.2) is 0 Å². The fraction of sp³-hybridized carbons (Fsp3) is 0.909. The SMILES string of the molecule is NC(=O)CCOCCCC1CCCC1.[HH]. The van der Waals surface area contributed by atoms with Crippen LogP contribution in [-0.4, -0.2) is 19.1 Å². The Morgan fingerprint density at radius 1 is 1.36 bits per heavy atom. The van der Waals surface area contributed by atoms with E-state index >= 15 is 0 Å². The summed E-state index contributed by atoms with van der Waals surface area (Å²) in [6.45, 7) is 1.27. The summed E-state index contributed by atoms with van der Waals surface area (Å²) in [7, 11) is 0. The average molecular weight is 201 g/mol. The second-order valence-electron chi connectivity index (χ2n) is 4.12. The molecule has 0 saturated heterocycles. The molecular formula is C11H23NO2. The van der Waals surface area contributed by atoms with E-state index in [4.69, 9.17) is 10.5 Å². The average Bonchev–Trinajstić information content (AvgIpc) is 2.63. The van der Waals surface area contributed by atoms with E-state index in [-0.39, 0.29) is 7.33 Å². The third kappa shape index (κ3) is 5.22. The zero-order valence-corrected chi connectivity index (χ0v) is 8.84. The molecule has 0 radical (unpaired) electrons. The number of carbonyl (C=O) groups is 1. The van der Waals surface area contributed by atoms with Gasteiger partial charge in [-0.05, 0) is 18.8 Å². The third-order valence-corrected chi connectivity index (χ3v) is 2.87. The summed E-state index contributed by atoms with van der Waals surface area (Å²) >= 11 is 0. The number of rotatable bonds is 7. The van der Waals surface area contributed by atoms with Crippen molar-refractivity contribution in [3.63, 3.8) is 0 Å². The van der Waals surface area contributed by atoms with E-state index < -0.39 is 0 Å². The Morgan fingerprint density at radius 2 is 2.07 bits per heavy atom. The maximum absolute atomic E-state index is 10.4. The summed E-state index contributed by atoms with van der Waals surface area (Å²) < 4.78 is 5.30. The molecule has 1 fully saturated rings. The second-order valence-corrected chi connectivity index (χ2v) is 4.12. The van der Waals surface area contributed by atoms with E-state index in [1.54, 1.807) is 0 Å². The number of nitrogens with two attached hydrogens (primary N) is 1. The molecule has 84 valence electrons. The Balaban J connectivity index is 0.00000196. The summed E-state index contributed by atoms with van der Waals surface area (Å²) in [4.78, 5) is 10.4. The zero-order valence-electron chi connectivity index (χ0n) is 8.84. The lowest BCUT2D eigenvalue weighted by atomic mass is 10.0. The van der Waals surface area contributed by atoms with Gasteiger partial charge in [-0.1, -0.05) is 25.7 Å². The minimum Gasteiger partial charge on any atom is -0.381 e. The van der Waals surface area contributed by atoms with Crippen LogP contribution in [0, 0.1) is 5.92 Å². The highest BCUT2D eigenvalue weighted by Crippen LogP contribution is 2.28. The molecule has 0 aromatic carbocycles. The lowest BCUT2D eigenvalue weighted by molar-refractivity contribution is -0.119. The first-order valence-corrected chi connectivity index (χ1v) is 5.65. The summed E-state index contributed by atoms with van der Waals surface area (Å²) in [6.07, 6.45) is 8.40. The molecule has 0 atom stereocenters. The van der Waals surface area contributed by atoms with Gasteiger partial charge in [0.25, 0.3) is 0 Å². The van der Waals surface area contributed by atoms with E-state index in [0.29, 0.717) is 13.0 Å². The van der Waals surface area contributed by atoms with Crippen molar-refractivity contribution in [2.24, 2.45) is 11.7 Å². The molecule has 0 heterocycles. The minimum atomic E-state index is -0.277. The van der Waals surface area contributed by atoms with Crippen molar-refractivity contribution in [1.82, 2.24) is 0 Å². The Morgan fingerprint density at radius 3 is 2.71 bits per heavy atom. The highest BCUT2D eigenvalue weighted by Gasteiger charge is 2.13. The number of hydrogen-bond donors (Lipinski definition) is 1. The van der Waals surface area contributed by atoms with Crippen LogP contribution in [0.4, 0.5) is 0 Å². The van der Waals surface area contributed by atoms with E-state index in [2.05, 4.69) is 0 Å². The summed E-state index contributed by atoms with van der Waals surface area (Å²) in [5.74, 6) is 0.663. The lowest BCUT2D eigenvalue weighted by Crippen LogP contribution is -2.13. The Bertz CT molecular complexity index is 170. The molecule has 0 aromatic heterocycles. The van der Waals surface area contributed by atoms with Gasteiger partial charge in [-0.15, -0.1) is 0 Å². The Labute approximate surface area is 87.5 Å². The molecule has 1 aliphatic carbocycles. The number of ether oxygens (including phenoxy) is 1. The second kappa shape index (κ2) is 6.82. The van der Waals surface area contributed by atoms with Crippen LogP contribution < -0.4 is 5.73 Å². The van der Waals surface area contributed by atoms with E-state index in [9.17, 15) is 4.79 Å². The first-order chi connectivity index (χ1) is 6.79. The van der Waals surface area contributed by atoms with Crippen molar-refractivity contribution in [2.45, 2.75) is 44.9 Å². The largest absolute Gasteiger partial charge is 0.381 e. The van der Waals surface area contributed by atoms with Gasteiger partial charge in [0, 0.05) is 14.5 Å². The van der Waals surface area contributed by atoms with Crippen LogP contribution in [0.2, 0.25) is 0 Å². The van der Waals surface area contributed by atoms with E-state index in [0.717, 1.165) is 18.9 Å². The highest BCUT2D eigenvalue weighted by molar-refractivity contribution is 5.73. The molecule has 0 aliphatic heterocycles. The van der Waals surface area contributed by atoms with Gasteiger partial charge >= 0.3 is 0 Å². The van der Waals surface area contributed by atoms with Crippen LogP contribution in [0.5, 0.6) is 0 Å². The normalized spacial score (nSPS) is 17.4. The van der Waals surface area contributed by atoms with Gasteiger partial charge in [-0.3, -0.25) is 4.79 Å². The quantitative estimate of drug-likeness (QED) is 0.641. The van der Waals surface area contributed by atoms with Crippen molar-refractivity contribution in [2.75, 3.05) is 13.2 Å². The maximum Gasteiger partial charge on any atom is 0.219 e. The van der Waals surface area contributed by atoms with Crippen LogP contribution in [-0.2, 0) is 9.53 Å². The molecule has 1 rings (SSSR count). The molecule has 0 spiro atoms. The maximum atomic E-state index is 10.4. The number of hydrogen-bond acceptors (Lipinski definition) is 2. The molecule has 3 heteroatoms. The van der Waals surface area contributed by atoms with Crippen molar-refractivity contribution < 1.29 is 11.0 Å². The number of carbonyl (C=O) groups excluding carboxylic acids is 1. The predicted octanol–water partition coefficient (Wildman–Crippen LogP) is 2.09. The van der Waals surface area contributed by atoms with Gasteiger partial charge in [0.05, 0.1) is 6.61 Å². The first kappa shape index (κ1) is 11.5. The smallest absolute Gasteiger partial charge is 0.219 e. The molecule has 1 saturated carbocycles. The molecule has 1 amide bonds. The van der Waals surface area contributed by atoms with Crippen molar-refractivity contribution in [3.05, 3.63) is 0 Å². The Kier molecular flexibility index (Phi) is 5.60. The summed E-state index contributed by atoms with van der Waals surface area (Å²) in [5.41, 5.74) is 4.99. The number of primary amides is 1. The first-order valence-electron chi connectivity index (χ1n) is 5.65. The molecule has 2 N–H and O–H groups in total. The highest BCUT2D eigenvalue weighted by atomic mass is 16.5. The van der Waals surface area contributed by atoms with Crippen molar-refractivity contribution >= 4 is 5.91 Å². The lowest BCUT2D eigenvalue weighted by Gasteiger charge is -2.08. The van der Waals surface area contributed by atoms with Crippen molar-refractivity contribution in [3.8, 4) is 0 Å². The molecule has 0 bridgehead atoms. The summed E-state index contributed by atoms with van der Waals surface area (Å²) in [6, 6.07) is 0. The van der Waals surface area contributed by atoms with E-state index in [1.807, 2.05) is 0 Å². The van der Waals surface area contributed by atoms with Crippen LogP contribution in [0.25, 0.3) is 0 Å². The fourth-order valence-electron chi connectivity index (χ4n) is 2.05. The zero-order chi connectivity index (χ0) is 10.2. The monoisotopic (exact) mass is 201 g/mol. The molecule has 0 aromatic rings. The third-order valence-electron chi connectivity index (χ3n) is 2.87. The van der Waals surface area contributed by atoms with Crippen LogP contribution in [0.3, 0.4) is 0 Å². The van der Waals surface area contributed by atoms with Crippen LogP contribution in [0.1, 0.15) is 46.4 Å². The fourth-order valence-corrected chi connectivity index (χ4v) is 2.05.